The smallest absolute Gasteiger partial charge is 0.220 e. The fourth-order valence-electron chi connectivity index (χ4n) is 1.93. The lowest BCUT2D eigenvalue weighted by Crippen LogP contribution is -2.19. The van der Waals surface area contributed by atoms with Gasteiger partial charge in [0.25, 0.3) is 0 Å². The van der Waals surface area contributed by atoms with E-state index in [0.29, 0.717) is 5.92 Å². The first-order chi connectivity index (χ1) is 4.79. The fraction of sp³-hybridized carbons (Fsp3) is 0.875. The zero-order valence-electron chi connectivity index (χ0n) is 6.05. The summed E-state index contributed by atoms with van der Waals surface area (Å²) in [6, 6.07) is 0. The average molecular weight is 139 g/mol. The van der Waals surface area contributed by atoms with Crippen molar-refractivity contribution in [1.29, 1.82) is 0 Å². The van der Waals surface area contributed by atoms with Gasteiger partial charge in [0, 0.05) is 5.92 Å². The molecule has 0 aromatic carbocycles. The third-order valence-electron chi connectivity index (χ3n) is 2.96. The summed E-state index contributed by atoms with van der Waals surface area (Å²) in [6.45, 7) is 0. The van der Waals surface area contributed by atoms with Crippen molar-refractivity contribution in [1.82, 2.24) is 0 Å². The first kappa shape index (κ1) is 6.20. The van der Waals surface area contributed by atoms with Crippen LogP contribution in [0.25, 0.3) is 0 Å². The van der Waals surface area contributed by atoms with Crippen LogP contribution in [0.4, 0.5) is 0 Å². The van der Waals surface area contributed by atoms with Gasteiger partial charge in [-0.1, -0.05) is 19.3 Å². The van der Waals surface area contributed by atoms with Crippen molar-refractivity contribution < 1.29 is 4.79 Å². The van der Waals surface area contributed by atoms with Crippen LogP contribution in [0.5, 0.6) is 0 Å². The van der Waals surface area contributed by atoms with Crippen LogP contribution in [0.3, 0.4) is 0 Å². The van der Waals surface area contributed by atoms with Crippen molar-refractivity contribution in [2.75, 3.05) is 0 Å². The Hall–Kier alpha value is -0.530. The predicted molar refractivity (Wildman–Crippen MR) is 38.1 cm³/mol. The van der Waals surface area contributed by atoms with E-state index in [1.807, 2.05) is 0 Å². The monoisotopic (exact) mass is 139 g/mol. The van der Waals surface area contributed by atoms with Gasteiger partial charge in [0.2, 0.25) is 5.91 Å². The summed E-state index contributed by atoms with van der Waals surface area (Å²) in [4.78, 5) is 10.6. The Kier molecular flexibility index (Phi) is 1.22. The summed E-state index contributed by atoms with van der Waals surface area (Å²) < 4.78 is 0. The first-order valence-electron chi connectivity index (χ1n) is 4.08. The van der Waals surface area contributed by atoms with Crippen LogP contribution >= 0.6 is 0 Å². The van der Waals surface area contributed by atoms with E-state index >= 15 is 0 Å². The molecule has 2 rings (SSSR count). The zero-order valence-corrected chi connectivity index (χ0v) is 6.05. The standard InChI is InChI=1S/C8H13NO/c9-8(10)7-4-6(7)5-2-1-3-5/h5-7H,1-4H2,(H2,9,10). The summed E-state index contributed by atoms with van der Waals surface area (Å²) in [7, 11) is 0. The molecule has 2 heteroatoms. The highest BCUT2D eigenvalue weighted by Crippen LogP contribution is 2.51. The van der Waals surface area contributed by atoms with Crippen molar-refractivity contribution >= 4 is 5.91 Å². The van der Waals surface area contributed by atoms with Crippen LogP contribution in [0.1, 0.15) is 25.7 Å². The maximum atomic E-state index is 10.6. The van der Waals surface area contributed by atoms with Crippen LogP contribution in [0.15, 0.2) is 0 Å². The average Bonchev–Trinajstić information content (AvgIpc) is 2.40. The Morgan fingerprint density at radius 2 is 2.10 bits per heavy atom. The molecule has 0 saturated heterocycles. The van der Waals surface area contributed by atoms with Gasteiger partial charge in [0.1, 0.15) is 0 Å². The van der Waals surface area contributed by atoms with Crippen molar-refractivity contribution in [3.63, 3.8) is 0 Å². The molecular weight excluding hydrogens is 126 g/mol. The van der Waals surface area contributed by atoms with Crippen LogP contribution in [-0.4, -0.2) is 5.91 Å². The zero-order chi connectivity index (χ0) is 7.14. The molecule has 1 amide bonds. The van der Waals surface area contributed by atoms with Gasteiger partial charge in [-0.2, -0.15) is 0 Å². The van der Waals surface area contributed by atoms with Gasteiger partial charge in [0.15, 0.2) is 0 Å². The van der Waals surface area contributed by atoms with Gasteiger partial charge in [-0.15, -0.1) is 0 Å². The minimum absolute atomic E-state index is 0.0723. The number of rotatable bonds is 2. The van der Waals surface area contributed by atoms with Gasteiger partial charge in [0.05, 0.1) is 0 Å². The Labute approximate surface area is 60.8 Å². The molecule has 0 aliphatic heterocycles. The Balaban J connectivity index is 1.83. The largest absolute Gasteiger partial charge is 0.369 e. The summed E-state index contributed by atoms with van der Waals surface area (Å²) in [6.07, 6.45) is 5.13. The summed E-state index contributed by atoms with van der Waals surface area (Å²) in [5.41, 5.74) is 5.17. The second-order valence-electron chi connectivity index (χ2n) is 3.60. The number of hydrogen-bond donors (Lipinski definition) is 1. The topological polar surface area (TPSA) is 43.1 Å². The number of carbonyl (C=O) groups excluding carboxylic acids is 1. The number of primary amides is 1. The van der Waals surface area contributed by atoms with Crippen molar-refractivity contribution in [2.24, 2.45) is 23.5 Å². The molecular formula is C8H13NO. The fourth-order valence-corrected chi connectivity index (χ4v) is 1.93. The normalized spacial score (nSPS) is 38.8. The van der Waals surface area contributed by atoms with Crippen LogP contribution < -0.4 is 5.73 Å². The van der Waals surface area contributed by atoms with E-state index in [-0.39, 0.29) is 11.8 Å². The van der Waals surface area contributed by atoms with Gasteiger partial charge in [-0.05, 0) is 18.3 Å². The van der Waals surface area contributed by atoms with Gasteiger partial charge < -0.3 is 5.73 Å². The highest BCUT2D eigenvalue weighted by molar-refractivity contribution is 5.79. The molecule has 0 aromatic heterocycles. The molecule has 2 aliphatic carbocycles. The predicted octanol–water partition coefficient (Wildman–Crippen LogP) is 0.908. The minimum Gasteiger partial charge on any atom is -0.369 e. The summed E-state index contributed by atoms with van der Waals surface area (Å²) in [5.74, 6) is 1.73. The second kappa shape index (κ2) is 1.97. The van der Waals surface area contributed by atoms with E-state index in [1.54, 1.807) is 0 Å². The summed E-state index contributed by atoms with van der Waals surface area (Å²) >= 11 is 0. The number of carbonyl (C=O) groups is 1. The lowest BCUT2D eigenvalue weighted by Gasteiger charge is -2.25. The van der Waals surface area contributed by atoms with E-state index in [0.717, 1.165) is 12.3 Å². The molecule has 10 heavy (non-hydrogen) atoms. The Morgan fingerprint density at radius 3 is 2.40 bits per heavy atom. The first-order valence-corrected chi connectivity index (χ1v) is 4.08. The molecule has 2 aliphatic rings. The molecule has 2 nitrogen and oxygen atoms in total. The quantitative estimate of drug-likeness (QED) is 0.607. The van der Waals surface area contributed by atoms with Crippen LogP contribution in [0.2, 0.25) is 0 Å². The Morgan fingerprint density at radius 1 is 1.40 bits per heavy atom. The third kappa shape index (κ3) is 0.825. The second-order valence-corrected chi connectivity index (χ2v) is 3.60. The van der Waals surface area contributed by atoms with Gasteiger partial charge in [-0.25, -0.2) is 0 Å². The highest BCUT2D eigenvalue weighted by atomic mass is 16.1. The van der Waals surface area contributed by atoms with Crippen molar-refractivity contribution in [3.8, 4) is 0 Å². The molecule has 2 N–H and O–H groups in total. The Bertz CT molecular complexity index is 163. The van der Waals surface area contributed by atoms with Crippen LogP contribution in [0, 0.1) is 17.8 Å². The molecule has 0 heterocycles. The molecule has 2 fully saturated rings. The number of amides is 1. The van der Waals surface area contributed by atoms with E-state index in [4.69, 9.17) is 5.73 Å². The van der Waals surface area contributed by atoms with Crippen molar-refractivity contribution in [3.05, 3.63) is 0 Å². The molecule has 0 spiro atoms. The molecule has 0 bridgehead atoms. The minimum atomic E-state index is -0.0723. The van der Waals surface area contributed by atoms with Crippen molar-refractivity contribution in [2.45, 2.75) is 25.7 Å². The maximum Gasteiger partial charge on any atom is 0.220 e. The number of nitrogens with two attached hydrogens (primary N) is 1. The maximum absolute atomic E-state index is 10.6. The molecule has 2 atom stereocenters. The van der Waals surface area contributed by atoms with Crippen LogP contribution in [-0.2, 0) is 4.79 Å². The van der Waals surface area contributed by atoms with E-state index in [2.05, 4.69) is 0 Å². The van der Waals surface area contributed by atoms with E-state index in [1.165, 1.54) is 19.3 Å². The SMILES string of the molecule is NC(=O)C1CC1C1CCC1. The molecule has 2 saturated carbocycles. The number of hydrogen-bond acceptors (Lipinski definition) is 1. The van der Waals surface area contributed by atoms with Gasteiger partial charge in [-0.3, -0.25) is 4.79 Å². The van der Waals surface area contributed by atoms with Gasteiger partial charge >= 0.3 is 0 Å². The lowest BCUT2D eigenvalue weighted by molar-refractivity contribution is -0.119. The third-order valence-corrected chi connectivity index (χ3v) is 2.96. The van der Waals surface area contributed by atoms with E-state index in [9.17, 15) is 4.79 Å². The summed E-state index contributed by atoms with van der Waals surface area (Å²) in [5, 5.41) is 0. The lowest BCUT2D eigenvalue weighted by atomic mass is 9.81. The van der Waals surface area contributed by atoms with E-state index < -0.39 is 0 Å². The molecule has 0 aromatic rings. The molecule has 2 unspecified atom stereocenters. The molecule has 56 valence electrons. The molecule has 0 radical (unpaired) electrons. The highest BCUT2D eigenvalue weighted by Gasteiger charge is 2.47.